The molecular formula is C21H19NO5S2. The molecule has 3 rings (SSSR count). The van der Waals surface area contributed by atoms with Gasteiger partial charge in [0.2, 0.25) is 0 Å². The Morgan fingerprint density at radius 3 is 2.48 bits per heavy atom. The SMILES string of the molecule is O=C(O)CCOc1ccc(/C=C2/SC(=S)N(CCc3ccc(O)cc3)C2=O)cc1. The number of aliphatic carboxylic acids is 1. The van der Waals surface area contributed by atoms with Crippen LogP contribution >= 0.6 is 24.0 Å². The van der Waals surface area contributed by atoms with Gasteiger partial charge in [-0.1, -0.05) is 48.2 Å². The van der Waals surface area contributed by atoms with E-state index in [9.17, 15) is 14.7 Å². The molecule has 2 aromatic rings. The third kappa shape index (κ3) is 5.82. The molecule has 0 spiro atoms. The normalized spacial score (nSPS) is 15.2. The molecule has 0 saturated carbocycles. The van der Waals surface area contributed by atoms with E-state index in [2.05, 4.69) is 0 Å². The Balaban J connectivity index is 1.60. The topological polar surface area (TPSA) is 87.1 Å². The van der Waals surface area contributed by atoms with Crippen LogP contribution in [0.1, 0.15) is 17.5 Å². The number of phenolic OH excluding ortho intramolecular Hbond substituents is 1. The Bertz CT molecular complexity index is 939. The van der Waals surface area contributed by atoms with Crippen LogP contribution in [-0.2, 0) is 16.0 Å². The highest BCUT2D eigenvalue weighted by Crippen LogP contribution is 2.33. The van der Waals surface area contributed by atoms with Crippen molar-refractivity contribution < 1.29 is 24.5 Å². The highest BCUT2D eigenvalue weighted by Gasteiger charge is 2.31. The summed E-state index contributed by atoms with van der Waals surface area (Å²) in [6.07, 6.45) is 2.36. The lowest BCUT2D eigenvalue weighted by Crippen LogP contribution is -2.30. The minimum absolute atomic E-state index is 0.0611. The molecular weight excluding hydrogens is 410 g/mol. The third-order valence-corrected chi connectivity index (χ3v) is 5.57. The van der Waals surface area contributed by atoms with E-state index in [-0.39, 0.29) is 24.7 Å². The molecule has 1 aliphatic rings. The quantitative estimate of drug-likeness (QED) is 0.489. The number of hydrogen-bond donors (Lipinski definition) is 2. The monoisotopic (exact) mass is 429 g/mol. The first kappa shape index (κ1) is 20.9. The Kier molecular flexibility index (Phi) is 6.90. The molecule has 2 aromatic carbocycles. The molecule has 0 aliphatic carbocycles. The van der Waals surface area contributed by atoms with Gasteiger partial charge in [0.25, 0.3) is 5.91 Å². The number of carbonyl (C=O) groups is 2. The summed E-state index contributed by atoms with van der Waals surface area (Å²) >= 11 is 6.62. The lowest BCUT2D eigenvalue weighted by Gasteiger charge is -2.14. The highest BCUT2D eigenvalue weighted by molar-refractivity contribution is 8.26. The fourth-order valence-corrected chi connectivity index (χ4v) is 3.97. The number of carboxylic acid groups (broad SMARTS) is 1. The Morgan fingerprint density at radius 2 is 1.83 bits per heavy atom. The van der Waals surface area contributed by atoms with E-state index in [1.165, 1.54) is 11.8 Å². The van der Waals surface area contributed by atoms with E-state index in [4.69, 9.17) is 22.1 Å². The van der Waals surface area contributed by atoms with Crippen molar-refractivity contribution in [2.75, 3.05) is 13.2 Å². The third-order valence-electron chi connectivity index (χ3n) is 4.20. The summed E-state index contributed by atoms with van der Waals surface area (Å²) in [6.45, 7) is 0.581. The standard InChI is InChI=1S/C21H19NO5S2/c23-16-5-1-14(2-6-16)9-11-22-20(26)18(29-21(22)28)13-15-3-7-17(8-4-15)27-12-10-19(24)25/h1-8,13,23H,9-12H2,(H,24,25)/b18-13+. The van der Waals surface area contributed by atoms with Gasteiger partial charge in [0.15, 0.2) is 0 Å². The van der Waals surface area contributed by atoms with Gasteiger partial charge in [-0.05, 0) is 47.9 Å². The molecule has 1 fully saturated rings. The zero-order valence-corrected chi connectivity index (χ0v) is 17.0. The number of aromatic hydroxyl groups is 1. The fourth-order valence-electron chi connectivity index (χ4n) is 2.66. The Labute approximate surface area is 177 Å². The molecule has 0 radical (unpaired) electrons. The molecule has 0 unspecified atom stereocenters. The summed E-state index contributed by atoms with van der Waals surface area (Å²) < 4.78 is 5.88. The molecule has 29 heavy (non-hydrogen) atoms. The second kappa shape index (κ2) is 9.58. The number of thiocarbonyl (C=S) groups is 1. The number of rotatable bonds is 8. The summed E-state index contributed by atoms with van der Waals surface area (Å²) in [4.78, 5) is 25.4. The minimum atomic E-state index is -0.908. The number of carbonyl (C=O) groups excluding carboxylic acids is 1. The minimum Gasteiger partial charge on any atom is -0.508 e. The summed E-state index contributed by atoms with van der Waals surface area (Å²) in [5.41, 5.74) is 1.84. The van der Waals surface area contributed by atoms with E-state index in [0.29, 0.717) is 27.9 Å². The number of ether oxygens (including phenoxy) is 1. The van der Waals surface area contributed by atoms with Crippen molar-refractivity contribution in [2.24, 2.45) is 0 Å². The first-order chi connectivity index (χ1) is 13.9. The fraction of sp³-hybridized carbons (Fsp3) is 0.190. The maximum Gasteiger partial charge on any atom is 0.306 e. The molecule has 0 atom stereocenters. The van der Waals surface area contributed by atoms with Crippen LogP contribution in [-0.4, -0.2) is 44.5 Å². The van der Waals surface area contributed by atoms with Crippen molar-refractivity contribution >= 4 is 46.3 Å². The summed E-state index contributed by atoms with van der Waals surface area (Å²) in [5, 5.41) is 18.0. The second-order valence-electron chi connectivity index (χ2n) is 6.31. The van der Waals surface area contributed by atoms with Crippen molar-refractivity contribution in [1.82, 2.24) is 4.90 Å². The molecule has 2 N–H and O–H groups in total. The number of hydrogen-bond acceptors (Lipinski definition) is 6. The van der Waals surface area contributed by atoms with E-state index in [1.807, 2.05) is 12.1 Å². The summed E-state index contributed by atoms with van der Waals surface area (Å²) in [6, 6.07) is 14.0. The van der Waals surface area contributed by atoms with E-state index in [1.54, 1.807) is 47.4 Å². The zero-order chi connectivity index (χ0) is 20.8. The van der Waals surface area contributed by atoms with Crippen LogP contribution in [0, 0.1) is 0 Å². The predicted molar refractivity (Wildman–Crippen MR) is 116 cm³/mol. The van der Waals surface area contributed by atoms with Gasteiger partial charge in [0, 0.05) is 6.54 Å². The first-order valence-electron chi connectivity index (χ1n) is 8.90. The van der Waals surface area contributed by atoms with E-state index < -0.39 is 5.97 Å². The highest BCUT2D eigenvalue weighted by atomic mass is 32.2. The second-order valence-corrected chi connectivity index (χ2v) is 7.99. The van der Waals surface area contributed by atoms with Crippen LogP contribution in [0.2, 0.25) is 0 Å². The molecule has 6 nitrogen and oxygen atoms in total. The molecule has 150 valence electrons. The summed E-state index contributed by atoms with van der Waals surface area (Å²) in [5.74, 6) is -0.250. The summed E-state index contributed by atoms with van der Waals surface area (Å²) in [7, 11) is 0. The van der Waals surface area contributed by atoms with Gasteiger partial charge in [0.05, 0.1) is 17.9 Å². The predicted octanol–water partition coefficient (Wildman–Crippen LogP) is 3.69. The molecule has 1 heterocycles. The van der Waals surface area contributed by atoms with Crippen molar-refractivity contribution in [3.05, 3.63) is 64.6 Å². The zero-order valence-electron chi connectivity index (χ0n) is 15.4. The number of amides is 1. The smallest absolute Gasteiger partial charge is 0.306 e. The number of thioether (sulfide) groups is 1. The van der Waals surface area contributed by atoms with Crippen LogP contribution in [0.4, 0.5) is 0 Å². The van der Waals surface area contributed by atoms with Gasteiger partial charge < -0.3 is 14.9 Å². The number of phenols is 1. The van der Waals surface area contributed by atoms with Gasteiger partial charge in [-0.3, -0.25) is 14.5 Å². The van der Waals surface area contributed by atoms with Crippen LogP contribution in [0.25, 0.3) is 6.08 Å². The maximum absolute atomic E-state index is 12.7. The van der Waals surface area contributed by atoms with Crippen LogP contribution in [0.3, 0.4) is 0 Å². The molecule has 1 amide bonds. The molecule has 8 heteroatoms. The average Bonchev–Trinajstić information content (AvgIpc) is 2.95. The molecule has 1 saturated heterocycles. The lowest BCUT2D eigenvalue weighted by atomic mass is 10.1. The van der Waals surface area contributed by atoms with Gasteiger partial charge in [0.1, 0.15) is 15.8 Å². The van der Waals surface area contributed by atoms with Gasteiger partial charge >= 0.3 is 5.97 Å². The van der Waals surface area contributed by atoms with Crippen LogP contribution in [0.5, 0.6) is 11.5 Å². The van der Waals surface area contributed by atoms with Crippen molar-refractivity contribution in [3.63, 3.8) is 0 Å². The van der Waals surface area contributed by atoms with Crippen LogP contribution < -0.4 is 4.74 Å². The molecule has 0 bridgehead atoms. The number of benzene rings is 2. The number of nitrogens with zero attached hydrogens (tertiary/aromatic N) is 1. The van der Waals surface area contributed by atoms with Gasteiger partial charge in [-0.2, -0.15) is 0 Å². The Morgan fingerprint density at radius 1 is 1.14 bits per heavy atom. The maximum atomic E-state index is 12.7. The molecule has 0 aromatic heterocycles. The first-order valence-corrected chi connectivity index (χ1v) is 10.1. The van der Waals surface area contributed by atoms with Crippen LogP contribution in [0.15, 0.2) is 53.4 Å². The number of carboxylic acids is 1. The lowest BCUT2D eigenvalue weighted by molar-refractivity contribution is -0.137. The largest absolute Gasteiger partial charge is 0.508 e. The van der Waals surface area contributed by atoms with Gasteiger partial charge in [-0.25, -0.2) is 0 Å². The van der Waals surface area contributed by atoms with Crippen molar-refractivity contribution in [3.8, 4) is 11.5 Å². The molecule has 1 aliphatic heterocycles. The average molecular weight is 430 g/mol. The van der Waals surface area contributed by atoms with Gasteiger partial charge in [-0.15, -0.1) is 0 Å². The van der Waals surface area contributed by atoms with Crippen molar-refractivity contribution in [2.45, 2.75) is 12.8 Å². The Hall–Kier alpha value is -2.84. The van der Waals surface area contributed by atoms with Crippen molar-refractivity contribution in [1.29, 1.82) is 0 Å². The van der Waals surface area contributed by atoms with E-state index >= 15 is 0 Å². The van der Waals surface area contributed by atoms with E-state index in [0.717, 1.165) is 11.1 Å².